The standard InChI is InChI=1S/C19H18O3S/c1-4-6-16(5-2)22-17-9-13-19(14-10-17)23(20,21)18-11-7-15(3)8-12-18/h4-14H,1-2H2,3H3. The monoisotopic (exact) mass is 326 g/mol. The quantitative estimate of drug-likeness (QED) is 0.581. The summed E-state index contributed by atoms with van der Waals surface area (Å²) in [7, 11) is -3.52. The van der Waals surface area contributed by atoms with E-state index >= 15 is 0 Å². The number of benzene rings is 2. The van der Waals surface area contributed by atoms with Crippen LogP contribution < -0.4 is 4.74 Å². The van der Waals surface area contributed by atoms with Gasteiger partial charge in [0.05, 0.1) is 9.79 Å². The average molecular weight is 326 g/mol. The van der Waals surface area contributed by atoms with Gasteiger partial charge in [-0.3, -0.25) is 0 Å². The second-order valence-corrected chi connectivity index (χ2v) is 6.85. The van der Waals surface area contributed by atoms with Crippen molar-refractivity contribution in [3.8, 4) is 5.75 Å². The summed E-state index contributed by atoms with van der Waals surface area (Å²) in [5.74, 6) is 1.06. The summed E-state index contributed by atoms with van der Waals surface area (Å²) in [6.45, 7) is 9.15. The Morgan fingerprint density at radius 2 is 1.48 bits per heavy atom. The van der Waals surface area contributed by atoms with Crippen LogP contribution >= 0.6 is 0 Å². The summed E-state index contributed by atoms with van der Waals surface area (Å²) < 4.78 is 30.7. The molecule has 4 heteroatoms. The van der Waals surface area contributed by atoms with E-state index in [2.05, 4.69) is 13.2 Å². The lowest BCUT2D eigenvalue weighted by molar-refractivity contribution is 0.444. The molecule has 0 aliphatic heterocycles. The highest BCUT2D eigenvalue weighted by molar-refractivity contribution is 7.91. The van der Waals surface area contributed by atoms with Crippen molar-refractivity contribution >= 4 is 9.84 Å². The Balaban J connectivity index is 2.28. The summed E-state index contributed by atoms with van der Waals surface area (Å²) in [6, 6.07) is 13.1. The van der Waals surface area contributed by atoms with E-state index < -0.39 is 9.84 Å². The van der Waals surface area contributed by atoms with Gasteiger partial charge < -0.3 is 4.74 Å². The van der Waals surface area contributed by atoms with E-state index in [0.717, 1.165) is 5.56 Å². The Hall–Kier alpha value is -2.59. The highest BCUT2D eigenvalue weighted by Gasteiger charge is 2.17. The maximum absolute atomic E-state index is 12.6. The van der Waals surface area contributed by atoms with E-state index in [1.807, 2.05) is 6.92 Å². The maximum atomic E-state index is 12.6. The van der Waals surface area contributed by atoms with Crippen LogP contribution in [0.3, 0.4) is 0 Å². The van der Waals surface area contributed by atoms with Gasteiger partial charge in [0.15, 0.2) is 0 Å². The molecule has 23 heavy (non-hydrogen) atoms. The van der Waals surface area contributed by atoms with Crippen LogP contribution in [0.1, 0.15) is 5.56 Å². The van der Waals surface area contributed by atoms with Gasteiger partial charge in [-0.1, -0.05) is 36.9 Å². The predicted molar refractivity (Wildman–Crippen MR) is 92.2 cm³/mol. The lowest BCUT2D eigenvalue weighted by Crippen LogP contribution is -2.02. The molecular formula is C19H18O3S. The number of sulfone groups is 1. The van der Waals surface area contributed by atoms with Crippen molar-refractivity contribution in [2.24, 2.45) is 0 Å². The third kappa shape index (κ3) is 3.99. The lowest BCUT2D eigenvalue weighted by Gasteiger charge is -2.08. The van der Waals surface area contributed by atoms with Gasteiger partial charge in [0.2, 0.25) is 9.84 Å². The molecular weight excluding hydrogens is 308 g/mol. The first-order valence-corrected chi connectivity index (χ1v) is 8.50. The van der Waals surface area contributed by atoms with E-state index in [0.29, 0.717) is 11.5 Å². The Kier molecular flexibility index (Phi) is 5.19. The van der Waals surface area contributed by atoms with Crippen molar-refractivity contribution in [3.63, 3.8) is 0 Å². The molecule has 0 atom stereocenters. The summed E-state index contributed by atoms with van der Waals surface area (Å²) >= 11 is 0. The van der Waals surface area contributed by atoms with Crippen molar-refractivity contribution in [1.82, 2.24) is 0 Å². The Morgan fingerprint density at radius 3 is 1.96 bits per heavy atom. The number of hydrogen-bond donors (Lipinski definition) is 0. The van der Waals surface area contributed by atoms with Crippen LogP contribution in [0.5, 0.6) is 5.75 Å². The zero-order valence-corrected chi connectivity index (χ0v) is 13.7. The fourth-order valence-electron chi connectivity index (χ4n) is 1.94. The molecule has 0 saturated heterocycles. The van der Waals surface area contributed by atoms with E-state index in [4.69, 9.17) is 4.74 Å². The minimum Gasteiger partial charge on any atom is -0.457 e. The van der Waals surface area contributed by atoms with E-state index in [1.54, 1.807) is 54.6 Å². The van der Waals surface area contributed by atoms with Crippen molar-refractivity contribution < 1.29 is 13.2 Å². The SMILES string of the molecule is C=CC=C(C=C)Oc1ccc(S(=O)(=O)c2ccc(C)cc2)cc1. The summed E-state index contributed by atoms with van der Waals surface area (Å²) in [5.41, 5.74) is 1.01. The van der Waals surface area contributed by atoms with E-state index in [-0.39, 0.29) is 9.79 Å². The zero-order chi connectivity index (χ0) is 16.9. The fraction of sp³-hybridized carbons (Fsp3) is 0.0526. The third-order valence-corrected chi connectivity index (χ3v) is 4.97. The lowest BCUT2D eigenvalue weighted by atomic mass is 10.2. The van der Waals surface area contributed by atoms with E-state index in [9.17, 15) is 8.42 Å². The van der Waals surface area contributed by atoms with Gasteiger partial charge in [-0.15, -0.1) is 0 Å². The van der Waals surface area contributed by atoms with Crippen LogP contribution in [0, 0.1) is 6.92 Å². The molecule has 0 aliphatic rings. The number of rotatable bonds is 6. The first-order valence-electron chi connectivity index (χ1n) is 7.02. The van der Waals surface area contributed by atoms with Crippen molar-refractivity contribution in [3.05, 3.63) is 91.2 Å². The first-order chi connectivity index (χ1) is 11.0. The Labute approximate surface area is 137 Å². The fourth-order valence-corrected chi connectivity index (χ4v) is 3.20. The van der Waals surface area contributed by atoms with Crippen molar-refractivity contribution in [2.45, 2.75) is 16.7 Å². The molecule has 0 bridgehead atoms. The van der Waals surface area contributed by atoms with Crippen LogP contribution in [-0.4, -0.2) is 8.42 Å². The highest BCUT2D eigenvalue weighted by atomic mass is 32.2. The molecule has 0 radical (unpaired) electrons. The normalized spacial score (nSPS) is 11.8. The zero-order valence-electron chi connectivity index (χ0n) is 12.9. The molecule has 2 aromatic rings. The number of allylic oxidation sites excluding steroid dienone is 3. The summed E-state index contributed by atoms with van der Waals surface area (Å²) in [4.78, 5) is 0.497. The largest absolute Gasteiger partial charge is 0.457 e. The molecule has 0 aliphatic carbocycles. The van der Waals surface area contributed by atoms with Crippen molar-refractivity contribution in [1.29, 1.82) is 0 Å². The molecule has 0 saturated carbocycles. The molecule has 0 fully saturated rings. The van der Waals surface area contributed by atoms with Gasteiger partial charge >= 0.3 is 0 Å². The van der Waals surface area contributed by atoms with Gasteiger partial charge in [-0.25, -0.2) is 8.42 Å². The minimum absolute atomic E-state index is 0.224. The van der Waals surface area contributed by atoms with Crippen LogP contribution in [0.25, 0.3) is 0 Å². The van der Waals surface area contributed by atoms with Gasteiger partial charge in [0.25, 0.3) is 0 Å². The van der Waals surface area contributed by atoms with Crippen LogP contribution in [0.4, 0.5) is 0 Å². The Morgan fingerprint density at radius 1 is 0.957 bits per heavy atom. The first kappa shape index (κ1) is 16.8. The van der Waals surface area contributed by atoms with Gasteiger partial charge in [0.1, 0.15) is 11.5 Å². The van der Waals surface area contributed by atoms with Crippen LogP contribution in [-0.2, 0) is 9.84 Å². The van der Waals surface area contributed by atoms with Crippen LogP contribution in [0.15, 0.2) is 95.5 Å². The second kappa shape index (κ2) is 7.11. The molecule has 0 spiro atoms. The van der Waals surface area contributed by atoms with Crippen LogP contribution in [0.2, 0.25) is 0 Å². The molecule has 0 N–H and O–H groups in total. The second-order valence-electron chi connectivity index (χ2n) is 4.90. The predicted octanol–water partition coefficient (Wildman–Crippen LogP) is 4.46. The average Bonchev–Trinajstić information content (AvgIpc) is 2.55. The molecule has 3 nitrogen and oxygen atoms in total. The van der Waals surface area contributed by atoms with Gasteiger partial charge in [0, 0.05) is 0 Å². The highest BCUT2D eigenvalue weighted by Crippen LogP contribution is 2.24. The smallest absolute Gasteiger partial charge is 0.206 e. The van der Waals surface area contributed by atoms with Crippen molar-refractivity contribution in [2.75, 3.05) is 0 Å². The molecule has 118 valence electrons. The molecule has 0 amide bonds. The molecule has 0 unspecified atom stereocenters. The third-order valence-electron chi connectivity index (χ3n) is 3.18. The molecule has 0 aromatic heterocycles. The maximum Gasteiger partial charge on any atom is 0.206 e. The molecule has 2 rings (SSSR count). The van der Waals surface area contributed by atoms with Gasteiger partial charge in [-0.2, -0.15) is 0 Å². The summed E-state index contributed by atoms with van der Waals surface area (Å²) in [5, 5.41) is 0. The number of ether oxygens (including phenoxy) is 1. The summed E-state index contributed by atoms with van der Waals surface area (Å²) in [6.07, 6.45) is 4.82. The van der Waals surface area contributed by atoms with E-state index in [1.165, 1.54) is 12.1 Å². The topological polar surface area (TPSA) is 43.4 Å². The molecule has 2 aromatic carbocycles. The van der Waals surface area contributed by atoms with Gasteiger partial charge in [-0.05, 0) is 55.5 Å². The minimum atomic E-state index is -3.52. The molecule has 0 heterocycles. The number of aryl methyl sites for hydroxylation is 1. The number of hydrogen-bond acceptors (Lipinski definition) is 3. The Bertz CT molecular complexity index is 827.